The Balaban J connectivity index is 1.97. The highest BCUT2D eigenvalue weighted by atomic mass is 32.2. The van der Waals surface area contributed by atoms with Gasteiger partial charge in [-0.25, -0.2) is 8.42 Å². The summed E-state index contributed by atoms with van der Waals surface area (Å²) in [6.07, 6.45) is 1.38. The van der Waals surface area contributed by atoms with Crippen molar-refractivity contribution in [3.63, 3.8) is 0 Å². The topological polar surface area (TPSA) is 89.3 Å². The maximum Gasteiger partial charge on any atom is 0.304 e. The average Bonchev–Trinajstić information content (AvgIpc) is 2.35. The first-order valence-corrected chi connectivity index (χ1v) is 8.06. The van der Waals surface area contributed by atoms with Gasteiger partial charge in [-0.05, 0) is 24.5 Å². The van der Waals surface area contributed by atoms with Gasteiger partial charge in [-0.1, -0.05) is 6.07 Å². The third-order valence-electron chi connectivity index (χ3n) is 3.27. The number of nitrogens with zero attached hydrogens (tertiary/aromatic N) is 1. The van der Waals surface area contributed by atoms with Gasteiger partial charge >= 0.3 is 5.69 Å². The fraction of sp³-hybridized carbons (Fsp3) is 0.500. The SMILES string of the molecule is O=[N+]([O-])c1ccc(CNC2CCCS(=O)(=O)C2)cc1F. The lowest BCUT2D eigenvalue weighted by atomic mass is 10.1. The lowest BCUT2D eigenvalue weighted by Crippen LogP contribution is -2.39. The van der Waals surface area contributed by atoms with Crippen LogP contribution in [0.1, 0.15) is 18.4 Å². The molecule has 0 bridgehead atoms. The number of rotatable bonds is 4. The van der Waals surface area contributed by atoms with Crippen molar-refractivity contribution >= 4 is 15.5 Å². The molecule has 20 heavy (non-hydrogen) atoms. The summed E-state index contributed by atoms with van der Waals surface area (Å²) in [6.45, 7) is 0.287. The van der Waals surface area contributed by atoms with Gasteiger partial charge in [0.2, 0.25) is 5.82 Å². The fourth-order valence-electron chi connectivity index (χ4n) is 2.25. The minimum absolute atomic E-state index is 0.0858. The Labute approximate surface area is 116 Å². The first kappa shape index (κ1) is 14.9. The van der Waals surface area contributed by atoms with Gasteiger partial charge in [-0.2, -0.15) is 4.39 Å². The normalized spacial score (nSPS) is 21.6. The third kappa shape index (κ3) is 3.73. The molecule has 110 valence electrons. The summed E-state index contributed by atoms with van der Waals surface area (Å²) >= 11 is 0. The van der Waals surface area contributed by atoms with E-state index in [0.717, 1.165) is 18.6 Å². The maximum atomic E-state index is 13.4. The van der Waals surface area contributed by atoms with Gasteiger partial charge in [0.05, 0.1) is 16.4 Å². The Bertz CT molecular complexity index is 618. The van der Waals surface area contributed by atoms with Crippen molar-refractivity contribution in [1.29, 1.82) is 0 Å². The van der Waals surface area contributed by atoms with E-state index < -0.39 is 26.3 Å². The molecule has 1 aliphatic heterocycles. The van der Waals surface area contributed by atoms with Crippen molar-refractivity contribution in [3.05, 3.63) is 39.7 Å². The molecule has 1 fully saturated rings. The molecule has 1 aromatic carbocycles. The Kier molecular flexibility index (Phi) is 4.34. The summed E-state index contributed by atoms with van der Waals surface area (Å²) in [5, 5.41) is 13.5. The first-order valence-electron chi connectivity index (χ1n) is 6.24. The Morgan fingerprint density at radius 1 is 1.45 bits per heavy atom. The van der Waals surface area contributed by atoms with E-state index in [2.05, 4.69) is 5.32 Å². The predicted molar refractivity (Wildman–Crippen MR) is 71.6 cm³/mol. The van der Waals surface area contributed by atoms with Gasteiger partial charge in [-0.3, -0.25) is 10.1 Å². The molecule has 1 atom stereocenters. The van der Waals surface area contributed by atoms with Gasteiger partial charge in [0.1, 0.15) is 0 Å². The second-order valence-electron chi connectivity index (χ2n) is 4.88. The lowest BCUT2D eigenvalue weighted by molar-refractivity contribution is -0.387. The number of sulfone groups is 1. The minimum atomic E-state index is -2.99. The number of hydrogen-bond donors (Lipinski definition) is 1. The van der Waals surface area contributed by atoms with Crippen LogP contribution in [0.5, 0.6) is 0 Å². The van der Waals surface area contributed by atoms with Crippen LogP contribution in [0.2, 0.25) is 0 Å². The number of nitro groups is 1. The summed E-state index contributed by atoms with van der Waals surface area (Å²) in [7, 11) is -2.99. The molecule has 1 aliphatic rings. The number of hydrogen-bond acceptors (Lipinski definition) is 5. The summed E-state index contributed by atoms with van der Waals surface area (Å²) in [4.78, 5) is 9.72. The number of nitro benzene ring substituents is 1. The zero-order valence-electron chi connectivity index (χ0n) is 10.7. The second kappa shape index (κ2) is 5.84. The van der Waals surface area contributed by atoms with Crippen molar-refractivity contribution < 1.29 is 17.7 Å². The van der Waals surface area contributed by atoms with Crippen LogP contribution in [0.3, 0.4) is 0 Å². The quantitative estimate of drug-likeness (QED) is 0.671. The van der Waals surface area contributed by atoms with Crippen molar-refractivity contribution in [1.82, 2.24) is 5.32 Å². The van der Waals surface area contributed by atoms with E-state index in [1.165, 1.54) is 6.07 Å². The van der Waals surface area contributed by atoms with E-state index in [0.29, 0.717) is 12.0 Å². The zero-order chi connectivity index (χ0) is 14.8. The van der Waals surface area contributed by atoms with Gasteiger partial charge in [0.25, 0.3) is 0 Å². The van der Waals surface area contributed by atoms with E-state index in [1.54, 1.807) is 0 Å². The maximum absolute atomic E-state index is 13.4. The summed E-state index contributed by atoms with van der Waals surface area (Å²) in [6, 6.07) is 3.53. The van der Waals surface area contributed by atoms with Crippen LogP contribution in [0, 0.1) is 15.9 Å². The molecule has 1 heterocycles. The molecule has 0 saturated carbocycles. The van der Waals surface area contributed by atoms with Crippen LogP contribution >= 0.6 is 0 Å². The highest BCUT2D eigenvalue weighted by Gasteiger charge is 2.24. The molecule has 2 rings (SSSR count). The molecule has 1 saturated heterocycles. The van der Waals surface area contributed by atoms with Crippen molar-refractivity contribution in [2.45, 2.75) is 25.4 Å². The largest absolute Gasteiger partial charge is 0.309 e. The van der Waals surface area contributed by atoms with Gasteiger partial charge in [0, 0.05) is 18.7 Å². The Morgan fingerprint density at radius 3 is 2.80 bits per heavy atom. The van der Waals surface area contributed by atoms with Crippen molar-refractivity contribution in [2.24, 2.45) is 0 Å². The molecule has 1 aromatic rings. The number of benzene rings is 1. The van der Waals surface area contributed by atoms with Crippen LogP contribution in [0.15, 0.2) is 18.2 Å². The third-order valence-corrected chi connectivity index (χ3v) is 5.09. The van der Waals surface area contributed by atoms with Crippen molar-refractivity contribution in [2.75, 3.05) is 11.5 Å². The molecule has 0 aliphatic carbocycles. The zero-order valence-corrected chi connectivity index (χ0v) is 11.5. The van der Waals surface area contributed by atoms with Gasteiger partial charge in [0.15, 0.2) is 9.84 Å². The highest BCUT2D eigenvalue weighted by Crippen LogP contribution is 2.18. The lowest BCUT2D eigenvalue weighted by Gasteiger charge is -2.23. The van der Waals surface area contributed by atoms with Gasteiger partial charge in [-0.15, -0.1) is 0 Å². The monoisotopic (exact) mass is 302 g/mol. The molecule has 1 unspecified atom stereocenters. The van der Waals surface area contributed by atoms with Crippen LogP contribution in [-0.2, 0) is 16.4 Å². The van der Waals surface area contributed by atoms with Crippen LogP contribution in [0.4, 0.5) is 10.1 Å². The van der Waals surface area contributed by atoms with E-state index in [-0.39, 0.29) is 24.1 Å². The summed E-state index contributed by atoms with van der Waals surface area (Å²) < 4.78 is 36.4. The van der Waals surface area contributed by atoms with Crippen LogP contribution < -0.4 is 5.32 Å². The highest BCUT2D eigenvalue weighted by molar-refractivity contribution is 7.91. The molecule has 8 heteroatoms. The molecular weight excluding hydrogens is 287 g/mol. The van der Waals surface area contributed by atoms with Crippen LogP contribution in [-0.4, -0.2) is 30.9 Å². The van der Waals surface area contributed by atoms with Gasteiger partial charge < -0.3 is 5.32 Å². The van der Waals surface area contributed by atoms with E-state index in [1.807, 2.05) is 0 Å². The van der Waals surface area contributed by atoms with E-state index in [9.17, 15) is 22.9 Å². The molecule has 0 radical (unpaired) electrons. The number of halogens is 1. The van der Waals surface area contributed by atoms with E-state index >= 15 is 0 Å². The Hall–Kier alpha value is -1.54. The first-order chi connectivity index (χ1) is 9.37. The van der Waals surface area contributed by atoms with Crippen molar-refractivity contribution in [3.8, 4) is 0 Å². The smallest absolute Gasteiger partial charge is 0.304 e. The average molecular weight is 302 g/mol. The molecule has 0 aromatic heterocycles. The predicted octanol–water partition coefficient (Wildman–Crippen LogP) is 1.40. The molecule has 0 spiro atoms. The summed E-state index contributed by atoms with van der Waals surface area (Å²) in [5.74, 6) is -0.578. The second-order valence-corrected chi connectivity index (χ2v) is 7.11. The Morgan fingerprint density at radius 2 is 2.20 bits per heavy atom. The van der Waals surface area contributed by atoms with Crippen LogP contribution in [0.25, 0.3) is 0 Å². The standard InChI is InChI=1S/C12H15FN2O4S/c13-11-6-9(3-4-12(11)15(16)17)7-14-10-2-1-5-20(18,19)8-10/h3-4,6,10,14H,1-2,5,7-8H2. The molecule has 1 N–H and O–H groups in total. The van der Waals surface area contributed by atoms with E-state index in [4.69, 9.17) is 0 Å². The molecule has 6 nitrogen and oxygen atoms in total. The number of nitrogens with one attached hydrogen (secondary N) is 1. The minimum Gasteiger partial charge on any atom is -0.309 e. The molecule has 0 amide bonds. The summed E-state index contributed by atoms with van der Waals surface area (Å²) in [5.41, 5.74) is -0.00920. The molecular formula is C12H15FN2O4S. The fourth-order valence-corrected chi connectivity index (χ4v) is 3.93.